The molecule has 1 aliphatic rings. The van der Waals surface area contributed by atoms with E-state index in [-0.39, 0.29) is 18.2 Å². The van der Waals surface area contributed by atoms with Gasteiger partial charge in [-0.1, -0.05) is 35.9 Å². The molecule has 2 aromatic carbocycles. The number of para-hydroxylation sites is 1. The number of aryl methyl sites for hydroxylation is 1. The summed E-state index contributed by atoms with van der Waals surface area (Å²) in [6.07, 6.45) is 2.94. The quantitative estimate of drug-likeness (QED) is 0.664. The van der Waals surface area contributed by atoms with E-state index in [1.54, 1.807) is 12.1 Å². The highest BCUT2D eigenvalue weighted by molar-refractivity contribution is 6.32. The van der Waals surface area contributed by atoms with Crippen molar-refractivity contribution in [2.24, 2.45) is 0 Å². The standard InChI is InChI=1S/C21H20ClN3O2/c1-13-6-7-15(10-17(13)22)25-20(26)11-19(21(25)27)23-9-8-14-12-24-18-5-3-2-4-16(14)18/h2-7,10,12,19,23-24H,8-9,11H2,1H3. The van der Waals surface area contributed by atoms with Gasteiger partial charge in [-0.05, 0) is 42.7 Å². The van der Waals surface area contributed by atoms with Crippen LogP contribution in [0.5, 0.6) is 0 Å². The summed E-state index contributed by atoms with van der Waals surface area (Å²) in [5, 5.41) is 4.96. The highest BCUT2D eigenvalue weighted by atomic mass is 35.5. The summed E-state index contributed by atoms with van der Waals surface area (Å²) < 4.78 is 0. The molecule has 1 aliphatic heterocycles. The highest BCUT2D eigenvalue weighted by Gasteiger charge is 2.39. The lowest BCUT2D eigenvalue weighted by Gasteiger charge is -2.16. The summed E-state index contributed by atoms with van der Waals surface area (Å²) in [5.41, 5.74) is 3.73. The third kappa shape index (κ3) is 3.36. The van der Waals surface area contributed by atoms with Crippen molar-refractivity contribution in [3.8, 4) is 0 Å². The second-order valence-corrected chi connectivity index (χ2v) is 7.23. The minimum atomic E-state index is -0.497. The molecule has 0 saturated carbocycles. The number of nitrogens with zero attached hydrogens (tertiary/aromatic N) is 1. The Morgan fingerprint density at radius 2 is 2.04 bits per heavy atom. The number of amides is 2. The second-order valence-electron chi connectivity index (χ2n) is 6.82. The average Bonchev–Trinajstić information content (AvgIpc) is 3.19. The molecule has 5 nitrogen and oxygen atoms in total. The number of carbonyl (C=O) groups is 2. The molecule has 1 fully saturated rings. The molecule has 138 valence electrons. The van der Waals surface area contributed by atoms with E-state index in [4.69, 9.17) is 11.6 Å². The van der Waals surface area contributed by atoms with Gasteiger partial charge in [-0.2, -0.15) is 0 Å². The number of aromatic amines is 1. The maximum absolute atomic E-state index is 12.7. The largest absolute Gasteiger partial charge is 0.361 e. The number of hydrogen-bond donors (Lipinski definition) is 2. The topological polar surface area (TPSA) is 65.2 Å². The molecule has 6 heteroatoms. The van der Waals surface area contributed by atoms with Gasteiger partial charge in [0.25, 0.3) is 5.91 Å². The van der Waals surface area contributed by atoms with Crippen molar-refractivity contribution in [1.29, 1.82) is 0 Å². The Kier molecular flexibility index (Phi) is 4.72. The molecule has 2 heterocycles. The summed E-state index contributed by atoms with van der Waals surface area (Å²) in [4.78, 5) is 29.6. The van der Waals surface area contributed by atoms with Gasteiger partial charge in [0.15, 0.2) is 0 Å². The average molecular weight is 382 g/mol. The van der Waals surface area contributed by atoms with E-state index in [9.17, 15) is 9.59 Å². The van der Waals surface area contributed by atoms with Gasteiger partial charge in [0.1, 0.15) is 0 Å². The zero-order chi connectivity index (χ0) is 19.0. The summed E-state index contributed by atoms with van der Waals surface area (Å²) in [7, 11) is 0. The molecule has 1 atom stereocenters. The summed E-state index contributed by atoms with van der Waals surface area (Å²) in [6, 6.07) is 12.9. The summed E-state index contributed by atoms with van der Waals surface area (Å²) >= 11 is 6.14. The predicted octanol–water partition coefficient (Wildman–Crippen LogP) is 3.59. The predicted molar refractivity (Wildman–Crippen MR) is 107 cm³/mol. The first-order valence-electron chi connectivity index (χ1n) is 8.96. The Labute approximate surface area is 162 Å². The molecule has 2 N–H and O–H groups in total. The molecular formula is C21H20ClN3O2. The third-order valence-corrected chi connectivity index (χ3v) is 5.43. The normalized spacial score (nSPS) is 17.3. The minimum absolute atomic E-state index is 0.165. The van der Waals surface area contributed by atoms with Crippen molar-refractivity contribution in [2.75, 3.05) is 11.4 Å². The zero-order valence-electron chi connectivity index (χ0n) is 15.0. The van der Waals surface area contributed by atoms with Crippen molar-refractivity contribution in [1.82, 2.24) is 10.3 Å². The molecule has 27 heavy (non-hydrogen) atoms. The van der Waals surface area contributed by atoms with Crippen LogP contribution >= 0.6 is 11.6 Å². The molecule has 1 aromatic heterocycles. The van der Waals surface area contributed by atoms with Gasteiger partial charge in [0, 0.05) is 28.7 Å². The van der Waals surface area contributed by atoms with Crippen LogP contribution in [0.2, 0.25) is 5.02 Å². The lowest BCUT2D eigenvalue weighted by Crippen LogP contribution is -2.39. The highest BCUT2D eigenvalue weighted by Crippen LogP contribution is 2.27. The van der Waals surface area contributed by atoms with Crippen LogP contribution < -0.4 is 10.2 Å². The smallest absolute Gasteiger partial charge is 0.251 e. The van der Waals surface area contributed by atoms with E-state index in [0.717, 1.165) is 17.5 Å². The SMILES string of the molecule is Cc1ccc(N2C(=O)CC(NCCc3c[nH]c4ccccc34)C2=O)cc1Cl. The number of aromatic nitrogens is 1. The number of H-pyrrole nitrogens is 1. The van der Waals surface area contributed by atoms with E-state index >= 15 is 0 Å². The number of imide groups is 1. The molecule has 3 aromatic rings. The van der Waals surface area contributed by atoms with E-state index in [0.29, 0.717) is 17.3 Å². The van der Waals surface area contributed by atoms with E-state index < -0.39 is 6.04 Å². The number of hydrogen-bond acceptors (Lipinski definition) is 3. The van der Waals surface area contributed by atoms with Crippen molar-refractivity contribution < 1.29 is 9.59 Å². The minimum Gasteiger partial charge on any atom is -0.361 e. The van der Waals surface area contributed by atoms with Crippen LogP contribution in [0.4, 0.5) is 5.69 Å². The number of anilines is 1. The Morgan fingerprint density at radius 3 is 2.85 bits per heavy atom. The molecule has 0 bridgehead atoms. The fraction of sp³-hybridized carbons (Fsp3) is 0.238. The van der Waals surface area contributed by atoms with Gasteiger partial charge in [0.2, 0.25) is 5.91 Å². The van der Waals surface area contributed by atoms with Gasteiger partial charge < -0.3 is 10.3 Å². The maximum Gasteiger partial charge on any atom is 0.251 e. The zero-order valence-corrected chi connectivity index (χ0v) is 15.7. The molecule has 2 amide bonds. The molecule has 1 saturated heterocycles. The lowest BCUT2D eigenvalue weighted by atomic mass is 10.1. The van der Waals surface area contributed by atoms with Gasteiger partial charge in [0.05, 0.1) is 18.2 Å². The summed E-state index contributed by atoms with van der Waals surface area (Å²) in [6.45, 7) is 2.50. The van der Waals surface area contributed by atoms with Gasteiger partial charge in [-0.3, -0.25) is 9.59 Å². The van der Waals surface area contributed by atoms with Crippen LogP contribution in [0.3, 0.4) is 0 Å². The van der Waals surface area contributed by atoms with E-state index in [2.05, 4.69) is 16.4 Å². The van der Waals surface area contributed by atoms with Crippen LogP contribution in [-0.4, -0.2) is 29.4 Å². The molecule has 0 radical (unpaired) electrons. The first kappa shape index (κ1) is 17.8. The molecule has 1 unspecified atom stereocenters. The van der Waals surface area contributed by atoms with Crippen LogP contribution in [0, 0.1) is 6.92 Å². The fourth-order valence-corrected chi connectivity index (χ4v) is 3.68. The molecule has 4 rings (SSSR count). The number of halogens is 1. The third-order valence-electron chi connectivity index (χ3n) is 5.02. The fourth-order valence-electron chi connectivity index (χ4n) is 3.50. The second kappa shape index (κ2) is 7.18. The van der Waals surface area contributed by atoms with Crippen molar-refractivity contribution in [3.05, 3.63) is 64.8 Å². The Morgan fingerprint density at radius 1 is 1.22 bits per heavy atom. The number of fused-ring (bicyclic) bond motifs is 1. The number of carbonyl (C=O) groups excluding carboxylic acids is 2. The Bertz CT molecular complexity index is 1030. The molecule has 0 aliphatic carbocycles. The lowest BCUT2D eigenvalue weighted by molar-refractivity contribution is -0.121. The maximum atomic E-state index is 12.7. The Balaban J connectivity index is 1.42. The number of rotatable bonds is 5. The first-order valence-corrected chi connectivity index (χ1v) is 9.34. The van der Waals surface area contributed by atoms with Crippen LogP contribution in [0.1, 0.15) is 17.5 Å². The first-order chi connectivity index (χ1) is 13.0. The Hall–Kier alpha value is -2.63. The van der Waals surface area contributed by atoms with Gasteiger partial charge >= 0.3 is 0 Å². The molecule has 0 spiro atoms. The number of benzene rings is 2. The molecular weight excluding hydrogens is 362 g/mol. The van der Waals surface area contributed by atoms with E-state index in [1.807, 2.05) is 37.4 Å². The van der Waals surface area contributed by atoms with Crippen molar-refractivity contribution in [3.63, 3.8) is 0 Å². The summed E-state index contributed by atoms with van der Waals surface area (Å²) in [5.74, 6) is -0.427. The van der Waals surface area contributed by atoms with Crippen LogP contribution in [0.25, 0.3) is 10.9 Å². The van der Waals surface area contributed by atoms with Crippen LogP contribution in [-0.2, 0) is 16.0 Å². The van der Waals surface area contributed by atoms with Gasteiger partial charge in [-0.15, -0.1) is 0 Å². The van der Waals surface area contributed by atoms with E-state index in [1.165, 1.54) is 15.8 Å². The van der Waals surface area contributed by atoms with Gasteiger partial charge in [-0.25, -0.2) is 4.90 Å². The van der Waals surface area contributed by atoms with Crippen molar-refractivity contribution >= 4 is 40.0 Å². The monoisotopic (exact) mass is 381 g/mol. The van der Waals surface area contributed by atoms with Crippen LogP contribution in [0.15, 0.2) is 48.7 Å². The number of nitrogens with one attached hydrogen (secondary N) is 2. The van der Waals surface area contributed by atoms with Crippen molar-refractivity contribution in [2.45, 2.75) is 25.8 Å².